The van der Waals surface area contributed by atoms with Crippen LogP contribution in [0.25, 0.3) is 10.4 Å². The largest absolute Gasteiger partial charge is 0.446 e. The molecular weight excluding hydrogens is 282 g/mol. The Morgan fingerprint density at radius 3 is 2.48 bits per heavy atom. The molecule has 0 atom stereocenters. The molecule has 0 aliphatic heterocycles. The first kappa shape index (κ1) is 13.5. The van der Waals surface area contributed by atoms with Gasteiger partial charge in [0.1, 0.15) is 5.75 Å². The van der Waals surface area contributed by atoms with Gasteiger partial charge in [-0.15, -0.1) is 0 Å². The van der Waals surface area contributed by atoms with Gasteiger partial charge in [-0.1, -0.05) is 29.5 Å². The fraction of sp³-hybridized carbons (Fsp3) is 0.0588. The van der Waals surface area contributed by atoms with Crippen molar-refractivity contribution in [2.75, 3.05) is 0 Å². The van der Waals surface area contributed by atoms with Gasteiger partial charge in [0.15, 0.2) is 10.8 Å². The molecule has 2 aromatic heterocycles. The average molecular weight is 295 g/mol. The summed E-state index contributed by atoms with van der Waals surface area (Å²) < 4.78 is 5.86. The number of aromatic nitrogens is 1. The molecule has 0 bridgehead atoms. The van der Waals surface area contributed by atoms with Gasteiger partial charge in [-0.25, -0.2) is 0 Å². The summed E-state index contributed by atoms with van der Waals surface area (Å²) in [6, 6.07) is 15.2. The summed E-state index contributed by atoms with van der Waals surface area (Å²) in [5.41, 5.74) is 1.64. The molecule has 0 saturated heterocycles. The van der Waals surface area contributed by atoms with Crippen molar-refractivity contribution in [2.45, 2.75) is 6.92 Å². The maximum Gasteiger partial charge on any atom is 0.192 e. The number of pyridine rings is 1. The van der Waals surface area contributed by atoms with E-state index in [0.29, 0.717) is 10.6 Å². The van der Waals surface area contributed by atoms with Crippen molar-refractivity contribution in [1.82, 2.24) is 4.98 Å². The number of thiophene rings is 1. The Morgan fingerprint density at radius 1 is 1.10 bits per heavy atom. The molecule has 0 fully saturated rings. The quantitative estimate of drug-likeness (QED) is 0.649. The number of carbonyl (C=O) groups excluding carboxylic acids is 1. The van der Waals surface area contributed by atoms with Crippen LogP contribution >= 0.6 is 11.3 Å². The number of hydrogen-bond acceptors (Lipinski definition) is 4. The fourth-order valence-corrected chi connectivity index (χ4v) is 3.03. The Bertz CT molecular complexity index is 751. The van der Waals surface area contributed by atoms with Crippen molar-refractivity contribution in [3.8, 4) is 21.3 Å². The number of carbonyl (C=O) groups is 1. The molecule has 21 heavy (non-hydrogen) atoms. The van der Waals surface area contributed by atoms with Gasteiger partial charge >= 0.3 is 0 Å². The van der Waals surface area contributed by atoms with Crippen LogP contribution in [0.3, 0.4) is 0 Å². The topological polar surface area (TPSA) is 39.2 Å². The lowest BCUT2D eigenvalue weighted by Crippen LogP contribution is -1.92. The summed E-state index contributed by atoms with van der Waals surface area (Å²) in [4.78, 5) is 16.8. The van der Waals surface area contributed by atoms with Crippen molar-refractivity contribution in [1.29, 1.82) is 0 Å². The molecule has 3 rings (SSSR count). The second kappa shape index (κ2) is 5.89. The smallest absolute Gasteiger partial charge is 0.192 e. The standard InChI is InChI=1S/C17H13NO2S/c1-12(19)15-11-16(13-7-9-18-10-8-13)21-17(15)20-14-5-3-2-4-6-14/h2-11H,1H3. The number of ketones is 1. The summed E-state index contributed by atoms with van der Waals surface area (Å²) in [5, 5.41) is 0.625. The minimum absolute atomic E-state index is 0.00233. The average Bonchev–Trinajstić information content (AvgIpc) is 2.93. The zero-order valence-electron chi connectivity index (χ0n) is 11.4. The Labute approximate surface area is 126 Å². The number of ether oxygens (including phenoxy) is 1. The fourth-order valence-electron chi connectivity index (χ4n) is 1.95. The molecule has 3 nitrogen and oxygen atoms in total. The van der Waals surface area contributed by atoms with Crippen LogP contribution in [0.4, 0.5) is 0 Å². The zero-order chi connectivity index (χ0) is 14.7. The van der Waals surface area contributed by atoms with E-state index in [1.54, 1.807) is 19.3 Å². The highest BCUT2D eigenvalue weighted by Crippen LogP contribution is 2.39. The molecule has 4 heteroatoms. The van der Waals surface area contributed by atoms with E-state index >= 15 is 0 Å². The van der Waals surface area contributed by atoms with Crippen molar-refractivity contribution >= 4 is 17.1 Å². The molecule has 104 valence electrons. The summed E-state index contributed by atoms with van der Waals surface area (Å²) >= 11 is 1.46. The third kappa shape index (κ3) is 3.01. The van der Waals surface area contributed by atoms with Crippen LogP contribution in [0.2, 0.25) is 0 Å². The van der Waals surface area contributed by atoms with Crippen LogP contribution in [0, 0.1) is 0 Å². The second-order valence-electron chi connectivity index (χ2n) is 4.52. The van der Waals surface area contributed by atoms with Gasteiger partial charge in [0.2, 0.25) is 0 Å². The summed E-state index contributed by atoms with van der Waals surface area (Å²) in [6.45, 7) is 1.55. The third-order valence-electron chi connectivity index (χ3n) is 3.00. The van der Waals surface area contributed by atoms with E-state index in [1.807, 2.05) is 48.5 Å². The number of rotatable bonds is 4. The van der Waals surface area contributed by atoms with E-state index < -0.39 is 0 Å². The van der Waals surface area contributed by atoms with E-state index in [9.17, 15) is 4.79 Å². The van der Waals surface area contributed by atoms with Crippen molar-refractivity contribution in [2.24, 2.45) is 0 Å². The number of para-hydroxylation sites is 1. The lowest BCUT2D eigenvalue weighted by molar-refractivity contribution is 0.101. The number of hydrogen-bond donors (Lipinski definition) is 0. The molecule has 0 aliphatic carbocycles. The first-order chi connectivity index (χ1) is 10.2. The molecule has 3 aromatic rings. The highest BCUT2D eigenvalue weighted by molar-refractivity contribution is 7.17. The van der Waals surface area contributed by atoms with E-state index in [4.69, 9.17) is 4.74 Å². The molecule has 0 radical (unpaired) electrons. The lowest BCUT2D eigenvalue weighted by atomic mass is 10.1. The van der Waals surface area contributed by atoms with E-state index in [0.717, 1.165) is 16.2 Å². The lowest BCUT2D eigenvalue weighted by Gasteiger charge is -2.03. The predicted octanol–water partition coefficient (Wildman–Crippen LogP) is 4.81. The molecule has 1 aromatic carbocycles. The van der Waals surface area contributed by atoms with Crippen LogP contribution in [-0.2, 0) is 0 Å². The monoisotopic (exact) mass is 295 g/mol. The van der Waals surface area contributed by atoms with Crippen LogP contribution in [-0.4, -0.2) is 10.8 Å². The maximum absolute atomic E-state index is 11.8. The summed E-state index contributed by atoms with van der Waals surface area (Å²) in [6.07, 6.45) is 3.47. The molecule has 2 heterocycles. The predicted molar refractivity (Wildman–Crippen MR) is 84.1 cm³/mol. The zero-order valence-corrected chi connectivity index (χ0v) is 12.3. The van der Waals surface area contributed by atoms with Crippen LogP contribution in [0.5, 0.6) is 10.8 Å². The Morgan fingerprint density at radius 2 is 1.81 bits per heavy atom. The van der Waals surface area contributed by atoms with Gasteiger partial charge in [-0.3, -0.25) is 9.78 Å². The van der Waals surface area contributed by atoms with E-state index in [2.05, 4.69) is 4.98 Å². The molecule has 0 N–H and O–H groups in total. The number of Topliss-reactive ketones (excluding diaryl/α,β-unsaturated/α-hetero) is 1. The van der Waals surface area contributed by atoms with Gasteiger partial charge < -0.3 is 4.74 Å². The Kier molecular flexibility index (Phi) is 3.79. The molecule has 0 aliphatic rings. The highest BCUT2D eigenvalue weighted by Gasteiger charge is 2.16. The minimum Gasteiger partial charge on any atom is -0.446 e. The maximum atomic E-state index is 11.8. The molecule has 0 amide bonds. The number of nitrogens with zero attached hydrogens (tertiary/aromatic N) is 1. The third-order valence-corrected chi connectivity index (χ3v) is 4.06. The van der Waals surface area contributed by atoms with Gasteiger partial charge in [0.05, 0.1) is 5.56 Å². The first-order valence-corrected chi connectivity index (χ1v) is 7.34. The van der Waals surface area contributed by atoms with Crippen molar-refractivity contribution in [3.63, 3.8) is 0 Å². The SMILES string of the molecule is CC(=O)c1cc(-c2ccncc2)sc1Oc1ccccc1. The Hall–Kier alpha value is -2.46. The van der Waals surface area contributed by atoms with Crippen LogP contribution in [0.1, 0.15) is 17.3 Å². The van der Waals surface area contributed by atoms with Crippen LogP contribution < -0.4 is 4.74 Å². The minimum atomic E-state index is -0.00233. The highest BCUT2D eigenvalue weighted by atomic mass is 32.1. The van der Waals surface area contributed by atoms with Gasteiger partial charge in [-0.05, 0) is 42.8 Å². The summed E-state index contributed by atoms with van der Waals surface area (Å²) in [5.74, 6) is 0.723. The molecule has 0 saturated carbocycles. The van der Waals surface area contributed by atoms with Gasteiger partial charge in [0.25, 0.3) is 0 Å². The molecule has 0 unspecified atom stereocenters. The second-order valence-corrected chi connectivity index (χ2v) is 5.53. The van der Waals surface area contributed by atoms with E-state index in [-0.39, 0.29) is 5.78 Å². The summed E-state index contributed by atoms with van der Waals surface area (Å²) in [7, 11) is 0. The van der Waals surface area contributed by atoms with Gasteiger partial charge in [0, 0.05) is 17.3 Å². The molecular formula is C17H13NO2S. The number of benzene rings is 1. The van der Waals surface area contributed by atoms with Gasteiger partial charge in [-0.2, -0.15) is 0 Å². The van der Waals surface area contributed by atoms with Crippen molar-refractivity contribution in [3.05, 3.63) is 66.5 Å². The molecule has 0 spiro atoms. The normalized spacial score (nSPS) is 10.3. The van der Waals surface area contributed by atoms with Crippen molar-refractivity contribution < 1.29 is 9.53 Å². The Balaban J connectivity index is 2.00. The first-order valence-electron chi connectivity index (χ1n) is 6.52. The van der Waals surface area contributed by atoms with Crippen LogP contribution in [0.15, 0.2) is 60.9 Å². The van der Waals surface area contributed by atoms with E-state index in [1.165, 1.54) is 11.3 Å².